The number of amides is 1. The molecule has 2 N–H and O–H groups in total. The molecule has 0 aliphatic carbocycles. The molecule has 1 aromatic heterocycles. The lowest BCUT2D eigenvalue weighted by molar-refractivity contribution is 0.209. The lowest BCUT2D eigenvalue weighted by Gasteiger charge is -1.94. The van der Waals surface area contributed by atoms with Crippen LogP contribution in [0.1, 0.15) is 0 Å². The maximum Gasteiger partial charge on any atom is 0.411 e. The van der Waals surface area contributed by atoms with Crippen LogP contribution in [0, 0.1) is 0 Å². The van der Waals surface area contributed by atoms with E-state index in [4.69, 9.17) is 5.73 Å². The molecule has 0 fully saturated rings. The molecule has 0 atom stereocenters. The van der Waals surface area contributed by atoms with E-state index < -0.39 is 6.09 Å². The lowest BCUT2D eigenvalue weighted by Crippen LogP contribution is -2.16. The third-order valence-electron chi connectivity index (χ3n) is 0.745. The summed E-state index contributed by atoms with van der Waals surface area (Å²) in [5.74, 6) is 0.106. The predicted molar refractivity (Wildman–Crippen MR) is 32.2 cm³/mol. The smallest absolute Gasteiger partial charge is 0.390 e. The van der Waals surface area contributed by atoms with Crippen molar-refractivity contribution in [2.75, 3.05) is 0 Å². The molecular weight excluding hydrogens is 134 g/mol. The number of hydrogen-bond acceptors (Lipinski definition) is 4. The van der Waals surface area contributed by atoms with Crippen LogP contribution in [0.3, 0.4) is 0 Å². The molecule has 1 heterocycles. The molecule has 0 aromatic carbocycles. The number of carbonyl (C=O) groups is 1. The molecule has 5 heteroatoms. The van der Waals surface area contributed by atoms with Crippen LogP contribution in [0.25, 0.3) is 0 Å². The van der Waals surface area contributed by atoms with Gasteiger partial charge in [0.2, 0.25) is 5.88 Å². The van der Waals surface area contributed by atoms with E-state index in [0.717, 1.165) is 0 Å². The summed E-state index contributed by atoms with van der Waals surface area (Å²) in [6.45, 7) is 0. The monoisotopic (exact) mass is 139 g/mol. The number of rotatable bonds is 1. The van der Waals surface area contributed by atoms with E-state index in [1.807, 2.05) is 0 Å². The first kappa shape index (κ1) is 6.47. The van der Waals surface area contributed by atoms with Crippen LogP contribution in [0.2, 0.25) is 0 Å². The second-order valence-electron chi connectivity index (χ2n) is 1.46. The molecule has 1 aromatic rings. The summed E-state index contributed by atoms with van der Waals surface area (Å²) >= 11 is 0. The Hall–Kier alpha value is -1.65. The number of carbonyl (C=O) groups excluding carboxylic acids is 1. The van der Waals surface area contributed by atoms with Crippen molar-refractivity contribution in [2.24, 2.45) is 5.73 Å². The number of ether oxygens (including phenoxy) is 1. The van der Waals surface area contributed by atoms with Gasteiger partial charge in [-0.2, -0.15) is 0 Å². The minimum Gasteiger partial charge on any atom is -0.390 e. The van der Waals surface area contributed by atoms with Gasteiger partial charge in [-0.15, -0.1) is 0 Å². The first-order valence-electron chi connectivity index (χ1n) is 2.52. The van der Waals surface area contributed by atoms with Gasteiger partial charge in [0, 0.05) is 12.4 Å². The summed E-state index contributed by atoms with van der Waals surface area (Å²) in [7, 11) is 0. The molecule has 1 rings (SSSR count). The Kier molecular flexibility index (Phi) is 1.79. The van der Waals surface area contributed by atoms with Crippen molar-refractivity contribution in [1.82, 2.24) is 9.97 Å². The Labute approximate surface area is 56.9 Å². The van der Waals surface area contributed by atoms with Gasteiger partial charge in [0.25, 0.3) is 0 Å². The highest BCUT2D eigenvalue weighted by molar-refractivity contribution is 5.67. The minimum absolute atomic E-state index is 0.106. The van der Waals surface area contributed by atoms with Gasteiger partial charge >= 0.3 is 6.09 Å². The Balaban J connectivity index is 2.67. The van der Waals surface area contributed by atoms with Crippen molar-refractivity contribution in [1.29, 1.82) is 0 Å². The summed E-state index contributed by atoms with van der Waals surface area (Å²) in [5.41, 5.74) is 4.70. The van der Waals surface area contributed by atoms with Crippen LogP contribution in [0.15, 0.2) is 18.6 Å². The van der Waals surface area contributed by atoms with Crippen molar-refractivity contribution in [3.63, 3.8) is 0 Å². The van der Waals surface area contributed by atoms with E-state index in [9.17, 15) is 4.79 Å². The topological polar surface area (TPSA) is 78.1 Å². The SMILES string of the molecule is NC(=O)Oc1cnccn1. The van der Waals surface area contributed by atoms with Crippen molar-refractivity contribution >= 4 is 6.09 Å². The molecule has 0 bridgehead atoms. The Morgan fingerprint density at radius 1 is 1.60 bits per heavy atom. The molecule has 0 aliphatic rings. The molecule has 0 radical (unpaired) electrons. The fourth-order valence-electron chi connectivity index (χ4n) is 0.441. The standard InChI is InChI=1S/C5H5N3O2/c6-5(9)10-4-3-7-1-2-8-4/h1-3H,(H2,6,9). The largest absolute Gasteiger partial charge is 0.411 e. The Morgan fingerprint density at radius 3 is 2.90 bits per heavy atom. The Bertz CT molecular complexity index is 224. The fraction of sp³-hybridized carbons (Fsp3) is 0. The number of aromatic nitrogens is 2. The van der Waals surface area contributed by atoms with Gasteiger partial charge in [-0.05, 0) is 0 Å². The molecular formula is C5H5N3O2. The minimum atomic E-state index is -0.888. The van der Waals surface area contributed by atoms with Crippen LogP contribution in [-0.2, 0) is 0 Å². The molecule has 1 amide bonds. The van der Waals surface area contributed by atoms with Crippen molar-refractivity contribution < 1.29 is 9.53 Å². The maximum absolute atomic E-state index is 10.1. The first-order chi connectivity index (χ1) is 4.79. The van der Waals surface area contributed by atoms with E-state index in [0.29, 0.717) is 0 Å². The quantitative estimate of drug-likeness (QED) is 0.590. The van der Waals surface area contributed by atoms with Gasteiger partial charge < -0.3 is 10.5 Å². The summed E-state index contributed by atoms with van der Waals surface area (Å²) < 4.78 is 4.38. The average molecular weight is 139 g/mol. The second-order valence-corrected chi connectivity index (χ2v) is 1.46. The van der Waals surface area contributed by atoms with E-state index in [1.165, 1.54) is 18.6 Å². The summed E-state index contributed by atoms with van der Waals surface area (Å²) in [6.07, 6.45) is 3.28. The van der Waals surface area contributed by atoms with Crippen LogP contribution < -0.4 is 10.5 Å². The van der Waals surface area contributed by atoms with Crippen LogP contribution in [-0.4, -0.2) is 16.1 Å². The van der Waals surface area contributed by atoms with Gasteiger partial charge in [0.15, 0.2) is 0 Å². The lowest BCUT2D eigenvalue weighted by atomic mass is 10.7. The van der Waals surface area contributed by atoms with Gasteiger partial charge in [0.05, 0.1) is 6.20 Å². The normalized spacial score (nSPS) is 8.80. The third-order valence-corrected chi connectivity index (χ3v) is 0.745. The molecule has 0 spiro atoms. The maximum atomic E-state index is 10.1. The number of nitrogens with two attached hydrogens (primary N) is 1. The molecule has 10 heavy (non-hydrogen) atoms. The van der Waals surface area contributed by atoms with E-state index >= 15 is 0 Å². The van der Waals surface area contributed by atoms with Crippen LogP contribution in [0.5, 0.6) is 5.88 Å². The van der Waals surface area contributed by atoms with Gasteiger partial charge in [-0.3, -0.25) is 4.98 Å². The number of nitrogens with zero attached hydrogens (tertiary/aromatic N) is 2. The second kappa shape index (κ2) is 2.77. The van der Waals surface area contributed by atoms with Crippen LogP contribution >= 0.6 is 0 Å². The zero-order chi connectivity index (χ0) is 7.40. The fourth-order valence-corrected chi connectivity index (χ4v) is 0.441. The predicted octanol–water partition coefficient (Wildman–Crippen LogP) is -0.0659. The van der Waals surface area contributed by atoms with Gasteiger partial charge in [-0.1, -0.05) is 0 Å². The van der Waals surface area contributed by atoms with Gasteiger partial charge in [-0.25, -0.2) is 9.78 Å². The highest BCUT2D eigenvalue weighted by Crippen LogP contribution is 1.98. The van der Waals surface area contributed by atoms with E-state index in [1.54, 1.807) is 0 Å². The summed E-state index contributed by atoms with van der Waals surface area (Å²) in [5, 5.41) is 0. The number of hydrogen-bond donors (Lipinski definition) is 1. The zero-order valence-corrected chi connectivity index (χ0v) is 5.02. The van der Waals surface area contributed by atoms with Crippen molar-refractivity contribution in [2.45, 2.75) is 0 Å². The van der Waals surface area contributed by atoms with Crippen LogP contribution in [0.4, 0.5) is 4.79 Å². The average Bonchev–Trinajstić information content (AvgIpc) is 1.88. The van der Waals surface area contributed by atoms with Crippen molar-refractivity contribution in [3.05, 3.63) is 18.6 Å². The van der Waals surface area contributed by atoms with Crippen molar-refractivity contribution in [3.8, 4) is 5.88 Å². The van der Waals surface area contributed by atoms with E-state index in [2.05, 4.69) is 14.7 Å². The molecule has 5 nitrogen and oxygen atoms in total. The summed E-state index contributed by atoms with van der Waals surface area (Å²) in [4.78, 5) is 17.4. The third kappa shape index (κ3) is 1.70. The summed E-state index contributed by atoms with van der Waals surface area (Å²) in [6, 6.07) is 0. The zero-order valence-electron chi connectivity index (χ0n) is 5.02. The molecule has 0 aliphatic heterocycles. The molecule has 0 saturated carbocycles. The Morgan fingerprint density at radius 2 is 2.40 bits per heavy atom. The van der Waals surface area contributed by atoms with E-state index in [-0.39, 0.29) is 5.88 Å². The first-order valence-corrected chi connectivity index (χ1v) is 2.52. The highest BCUT2D eigenvalue weighted by Gasteiger charge is 1.96. The van der Waals surface area contributed by atoms with Gasteiger partial charge in [0.1, 0.15) is 0 Å². The molecule has 0 unspecified atom stereocenters. The highest BCUT2D eigenvalue weighted by atomic mass is 16.6. The molecule has 52 valence electrons. The number of primary amides is 1. The molecule has 0 saturated heterocycles.